The number of aromatic nitrogens is 4. The summed E-state index contributed by atoms with van der Waals surface area (Å²) in [6, 6.07) is -0.279. The molecule has 1 saturated heterocycles. The second kappa shape index (κ2) is 6.11. The summed E-state index contributed by atoms with van der Waals surface area (Å²) in [4.78, 5) is 21.3. The molecular weight excluding hydrogens is 322 g/mol. The molecule has 0 spiro atoms. The van der Waals surface area contributed by atoms with Gasteiger partial charge in [0.1, 0.15) is 12.1 Å². The number of carbonyl (C=O) groups excluding carboxylic acids is 1. The first kappa shape index (κ1) is 16.0. The fraction of sp³-hybridized carbons (Fsp3) is 0.529. The molecule has 1 amide bonds. The van der Waals surface area contributed by atoms with Crippen molar-refractivity contribution in [2.24, 2.45) is 5.92 Å². The Morgan fingerprint density at radius 2 is 2.12 bits per heavy atom. The van der Waals surface area contributed by atoms with Crippen molar-refractivity contribution in [2.45, 2.75) is 39.7 Å². The van der Waals surface area contributed by atoms with E-state index in [1.54, 1.807) is 10.8 Å². The number of ether oxygens (including phenoxy) is 1. The van der Waals surface area contributed by atoms with Gasteiger partial charge in [0.05, 0.1) is 11.4 Å². The predicted octanol–water partition coefficient (Wildman–Crippen LogP) is 2.09. The summed E-state index contributed by atoms with van der Waals surface area (Å²) >= 11 is 0. The summed E-state index contributed by atoms with van der Waals surface area (Å²) in [5, 5.41) is 8.35. The average molecular weight is 343 g/mol. The minimum Gasteiger partial charge on any atom is -0.443 e. The van der Waals surface area contributed by atoms with Gasteiger partial charge < -0.3 is 14.5 Å². The van der Waals surface area contributed by atoms with Crippen LogP contribution >= 0.6 is 0 Å². The van der Waals surface area contributed by atoms with E-state index in [4.69, 9.17) is 9.15 Å². The first-order valence-corrected chi connectivity index (χ1v) is 8.53. The maximum Gasteiger partial charge on any atom is 0.231 e. The Morgan fingerprint density at radius 3 is 2.88 bits per heavy atom. The van der Waals surface area contributed by atoms with Crippen molar-refractivity contribution < 1.29 is 13.9 Å². The van der Waals surface area contributed by atoms with E-state index in [9.17, 15) is 4.79 Å². The lowest BCUT2D eigenvalue weighted by atomic mass is 9.99. The molecular formula is C17H21N5O3. The van der Waals surface area contributed by atoms with Crippen molar-refractivity contribution in [1.82, 2.24) is 24.9 Å². The summed E-state index contributed by atoms with van der Waals surface area (Å²) in [6.45, 7) is 7.06. The Hall–Kier alpha value is -2.48. The van der Waals surface area contributed by atoms with E-state index < -0.39 is 0 Å². The van der Waals surface area contributed by atoms with Gasteiger partial charge in [0, 0.05) is 24.7 Å². The lowest BCUT2D eigenvalue weighted by Gasteiger charge is -2.22. The molecule has 3 aromatic rings. The van der Waals surface area contributed by atoms with Crippen LogP contribution in [0, 0.1) is 19.8 Å². The molecule has 1 N–H and O–H groups in total. The third-order valence-corrected chi connectivity index (χ3v) is 4.86. The van der Waals surface area contributed by atoms with Gasteiger partial charge in [0.25, 0.3) is 0 Å². The van der Waals surface area contributed by atoms with Crippen molar-refractivity contribution in [2.75, 3.05) is 13.2 Å². The highest BCUT2D eigenvalue weighted by molar-refractivity contribution is 5.91. The zero-order valence-corrected chi connectivity index (χ0v) is 14.6. The van der Waals surface area contributed by atoms with E-state index in [2.05, 4.69) is 20.4 Å². The number of carbonyl (C=O) groups is 1. The molecule has 3 aromatic heterocycles. The van der Waals surface area contributed by atoms with Crippen molar-refractivity contribution >= 4 is 22.7 Å². The molecule has 0 radical (unpaired) electrons. The summed E-state index contributed by atoms with van der Waals surface area (Å²) in [6.07, 6.45) is 3.11. The molecule has 1 atom stereocenters. The molecule has 0 saturated carbocycles. The molecule has 0 aliphatic carbocycles. The number of rotatable bonds is 3. The molecule has 25 heavy (non-hydrogen) atoms. The molecule has 4 rings (SSSR count). The molecule has 1 aliphatic rings. The number of fused-ring (bicyclic) bond motifs is 3. The van der Waals surface area contributed by atoms with Crippen LogP contribution in [0.15, 0.2) is 10.7 Å². The number of nitrogens with one attached hydrogen (secondary N) is 1. The van der Waals surface area contributed by atoms with Gasteiger partial charge in [-0.3, -0.25) is 4.79 Å². The van der Waals surface area contributed by atoms with E-state index >= 15 is 0 Å². The highest BCUT2D eigenvalue weighted by Gasteiger charge is 2.25. The Balaban J connectivity index is 1.62. The Morgan fingerprint density at radius 1 is 1.36 bits per heavy atom. The first-order chi connectivity index (χ1) is 12.0. The van der Waals surface area contributed by atoms with E-state index in [0.29, 0.717) is 30.4 Å². The second-order valence-corrected chi connectivity index (χ2v) is 6.56. The highest BCUT2D eigenvalue weighted by Crippen LogP contribution is 2.26. The first-order valence-electron chi connectivity index (χ1n) is 8.53. The topological polar surface area (TPSA) is 94.6 Å². The quantitative estimate of drug-likeness (QED) is 0.782. The van der Waals surface area contributed by atoms with Gasteiger partial charge in [-0.25, -0.2) is 14.5 Å². The maximum absolute atomic E-state index is 12.4. The second-order valence-electron chi connectivity index (χ2n) is 6.56. The van der Waals surface area contributed by atoms with Crippen LogP contribution in [0.3, 0.4) is 0 Å². The van der Waals surface area contributed by atoms with E-state index in [1.165, 1.54) is 0 Å². The lowest BCUT2D eigenvalue weighted by Crippen LogP contribution is -2.36. The maximum atomic E-state index is 12.4. The molecule has 0 bridgehead atoms. The Kier molecular flexibility index (Phi) is 3.91. The molecule has 1 unspecified atom stereocenters. The van der Waals surface area contributed by atoms with Gasteiger partial charge >= 0.3 is 0 Å². The van der Waals surface area contributed by atoms with Crippen molar-refractivity contribution in [3.05, 3.63) is 23.5 Å². The molecule has 8 nitrogen and oxygen atoms in total. The fourth-order valence-corrected chi connectivity index (χ4v) is 3.20. The van der Waals surface area contributed by atoms with Crippen molar-refractivity contribution in [3.63, 3.8) is 0 Å². The normalized spacial score (nSPS) is 17.2. The largest absolute Gasteiger partial charge is 0.443 e. The number of hydrogen-bond donors (Lipinski definition) is 1. The van der Waals surface area contributed by atoms with Crippen molar-refractivity contribution in [3.8, 4) is 0 Å². The van der Waals surface area contributed by atoms with Gasteiger partial charge in [0.2, 0.25) is 11.6 Å². The van der Waals surface area contributed by atoms with E-state index in [-0.39, 0.29) is 17.9 Å². The minimum absolute atomic E-state index is 0.000345. The van der Waals surface area contributed by atoms with Crippen LogP contribution in [-0.2, 0) is 9.53 Å². The van der Waals surface area contributed by atoms with Crippen LogP contribution in [0.25, 0.3) is 16.7 Å². The fourth-order valence-electron chi connectivity index (χ4n) is 3.20. The number of aryl methyl sites for hydroxylation is 2. The molecule has 4 heterocycles. The van der Waals surface area contributed by atoms with E-state index in [1.807, 2.05) is 20.8 Å². The average Bonchev–Trinajstić information content (AvgIpc) is 3.17. The van der Waals surface area contributed by atoms with Crippen LogP contribution in [0.2, 0.25) is 0 Å². The summed E-state index contributed by atoms with van der Waals surface area (Å²) < 4.78 is 12.6. The van der Waals surface area contributed by atoms with E-state index in [0.717, 1.165) is 29.6 Å². The molecule has 0 aromatic carbocycles. The zero-order chi connectivity index (χ0) is 17.6. The van der Waals surface area contributed by atoms with Crippen LogP contribution < -0.4 is 5.32 Å². The number of amides is 1. The van der Waals surface area contributed by atoms with Gasteiger partial charge in [-0.15, -0.1) is 5.10 Å². The van der Waals surface area contributed by atoms with Crippen LogP contribution in [0.5, 0.6) is 0 Å². The van der Waals surface area contributed by atoms with Crippen LogP contribution in [0.1, 0.15) is 43.0 Å². The standard InChI is InChI=1S/C17H21N5O3/c1-9-11(3)25-17-13(9)15-20-14(21-22(15)8-18-17)10(2)19-16(23)12-4-6-24-7-5-12/h8,10,12H,4-7H2,1-3H3,(H,19,23). The third kappa shape index (κ3) is 2.76. The number of furan rings is 1. The predicted molar refractivity (Wildman–Crippen MR) is 90.1 cm³/mol. The number of hydrogen-bond acceptors (Lipinski definition) is 6. The van der Waals surface area contributed by atoms with Gasteiger partial charge in [-0.1, -0.05) is 0 Å². The van der Waals surface area contributed by atoms with Gasteiger partial charge in [-0.05, 0) is 33.6 Å². The SMILES string of the molecule is Cc1oc2ncn3nc(C(C)NC(=O)C4CCOCC4)nc3c2c1C. The van der Waals surface area contributed by atoms with Crippen LogP contribution in [0.4, 0.5) is 0 Å². The molecule has 8 heteroatoms. The monoisotopic (exact) mass is 343 g/mol. The zero-order valence-electron chi connectivity index (χ0n) is 14.6. The Bertz CT molecular complexity index is 939. The minimum atomic E-state index is -0.279. The summed E-state index contributed by atoms with van der Waals surface area (Å²) in [5.41, 5.74) is 2.26. The lowest BCUT2D eigenvalue weighted by molar-refractivity contribution is -0.128. The summed E-state index contributed by atoms with van der Waals surface area (Å²) in [7, 11) is 0. The summed E-state index contributed by atoms with van der Waals surface area (Å²) in [5.74, 6) is 1.42. The number of nitrogens with zero attached hydrogens (tertiary/aromatic N) is 4. The third-order valence-electron chi connectivity index (χ3n) is 4.86. The van der Waals surface area contributed by atoms with Crippen molar-refractivity contribution in [1.29, 1.82) is 0 Å². The Labute approximate surface area is 144 Å². The molecule has 1 fully saturated rings. The molecule has 132 valence electrons. The molecule has 1 aliphatic heterocycles. The highest BCUT2D eigenvalue weighted by atomic mass is 16.5. The smallest absolute Gasteiger partial charge is 0.231 e. The van der Waals surface area contributed by atoms with Gasteiger partial charge in [0.15, 0.2) is 11.5 Å². The van der Waals surface area contributed by atoms with Crippen LogP contribution in [-0.4, -0.2) is 38.7 Å². The van der Waals surface area contributed by atoms with Gasteiger partial charge in [-0.2, -0.15) is 0 Å².